The second-order valence-corrected chi connectivity index (χ2v) is 10.2. The van der Waals surface area contributed by atoms with Gasteiger partial charge in [-0.2, -0.15) is 5.26 Å². The molecule has 0 spiro atoms. The summed E-state index contributed by atoms with van der Waals surface area (Å²) in [6.07, 6.45) is 21.5. The largest absolute Gasteiger partial charge is 0.303 e. The zero-order valence-corrected chi connectivity index (χ0v) is 19.5. The van der Waals surface area contributed by atoms with E-state index in [1.807, 2.05) is 12.1 Å². The van der Waals surface area contributed by atoms with E-state index < -0.39 is 0 Å². The van der Waals surface area contributed by atoms with Crippen molar-refractivity contribution >= 4 is 6.29 Å². The van der Waals surface area contributed by atoms with Crippen LogP contribution in [0.2, 0.25) is 0 Å². The topological polar surface area (TPSA) is 40.9 Å². The Kier molecular flexibility index (Phi) is 9.38. The van der Waals surface area contributed by atoms with Crippen LogP contribution >= 0.6 is 0 Å². The van der Waals surface area contributed by atoms with Crippen molar-refractivity contribution < 1.29 is 4.79 Å². The van der Waals surface area contributed by atoms with Gasteiger partial charge in [-0.25, -0.2) is 0 Å². The van der Waals surface area contributed by atoms with E-state index in [1.165, 1.54) is 76.1 Å². The monoisotopic (exact) mass is 419 g/mol. The van der Waals surface area contributed by atoms with Crippen molar-refractivity contribution in [3.8, 4) is 6.07 Å². The Bertz CT molecular complexity index is 725. The molecule has 2 nitrogen and oxygen atoms in total. The Morgan fingerprint density at radius 3 is 2.29 bits per heavy atom. The highest BCUT2D eigenvalue weighted by Crippen LogP contribution is 2.48. The molecule has 2 aliphatic rings. The summed E-state index contributed by atoms with van der Waals surface area (Å²) >= 11 is 0. The minimum atomic E-state index is -0.133. The van der Waals surface area contributed by atoms with Gasteiger partial charge in [-0.05, 0) is 106 Å². The Morgan fingerprint density at radius 1 is 1.00 bits per heavy atom. The third kappa shape index (κ3) is 6.80. The second kappa shape index (κ2) is 12.2. The molecular formula is C29H41NO. The quantitative estimate of drug-likeness (QED) is 0.219. The molecule has 0 bridgehead atoms. The average molecular weight is 420 g/mol. The van der Waals surface area contributed by atoms with Gasteiger partial charge in [0.15, 0.2) is 0 Å². The number of rotatable bonds is 10. The van der Waals surface area contributed by atoms with Crippen LogP contribution in [0, 0.1) is 28.6 Å². The van der Waals surface area contributed by atoms with Crippen LogP contribution in [0.4, 0.5) is 0 Å². The minimum absolute atomic E-state index is 0.133. The van der Waals surface area contributed by atoms with E-state index in [-0.39, 0.29) is 5.41 Å². The van der Waals surface area contributed by atoms with Crippen molar-refractivity contribution in [2.24, 2.45) is 17.3 Å². The van der Waals surface area contributed by atoms with E-state index in [2.05, 4.69) is 31.2 Å². The van der Waals surface area contributed by atoms with Gasteiger partial charge in [-0.3, -0.25) is 0 Å². The molecule has 0 saturated heterocycles. The predicted octanol–water partition coefficient (Wildman–Crippen LogP) is 7.93. The molecule has 0 N–H and O–H groups in total. The first-order chi connectivity index (χ1) is 15.2. The molecule has 0 heterocycles. The molecular weight excluding hydrogens is 378 g/mol. The highest BCUT2D eigenvalue weighted by Gasteiger charge is 2.38. The van der Waals surface area contributed by atoms with Gasteiger partial charge in [0, 0.05) is 11.5 Å². The lowest BCUT2D eigenvalue weighted by Gasteiger charge is -2.41. The third-order valence-electron chi connectivity index (χ3n) is 8.24. The van der Waals surface area contributed by atoms with Crippen LogP contribution in [0.1, 0.15) is 107 Å². The molecule has 2 saturated carbocycles. The van der Waals surface area contributed by atoms with Crippen LogP contribution < -0.4 is 0 Å². The first kappa shape index (κ1) is 23.8. The van der Waals surface area contributed by atoms with Crippen molar-refractivity contribution in [1.29, 1.82) is 5.26 Å². The summed E-state index contributed by atoms with van der Waals surface area (Å²) in [5, 5.41) is 8.64. The fourth-order valence-electron chi connectivity index (χ4n) is 6.08. The number of benzene rings is 1. The van der Waals surface area contributed by atoms with Crippen molar-refractivity contribution in [2.45, 2.75) is 103 Å². The van der Waals surface area contributed by atoms with Gasteiger partial charge in [-0.1, -0.05) is 50.1 Å². The number of aldehydes is 1. The van der Waals surface area contributed by atoms with E-state index in [4.69, 9.17) is 5.26 Å². The van der Waals surface area contributed by atoms with E-state index in [1.54, 1.807) is 11.6 Å². The van der Waals surface area contributed by atoms with Crippen molar-refractivity contribution in [2.75, 3.05) is 0 Å². The number of allylic oxidation sites excluding steroid dienone is 2. The van der Waals surface area contributed by atoms with E-state index in [0.717, 1.165) is 43.4 Å². The summed E-state index contributed by atoms with van der Waals surface area (Å²) in [4.78, 5) is 11.8. The SMILES string of the molecule is CCCCCc1ccc(C2CCC(C3CCC(C=O)(CCC=CC#N)CC3)CC2)cc1. The maximum absolute atomic E-state index is 11.8. The van der Waals surface area contributed by atoms with E-state index >= 15 is 0 Å². The smallest absolute Gasteiger partial charge is 0.126 e. The molecule has 0 aromatic heterocycles. The van der Waals surface area contributed by atoms with Gasteiger partial charge in [0.2, 0.25) is 0 Å². The van der Waals surface area contributed by atoms with Gasteiger partial charge < -0.3 is 4.79 Å². The maximum atomic E-state index is 11.8. The fraction of sp³-hybridized carbons (Fsp3) is 0.655. The molecule has 0 aliphatic heterocycles. The molecule has 1 aromatic carbocycles. The Labute approximate surface area is 190 Å². The fourth-order valence-corrected chi connectivity index (χ4v) is 6.08. The average Bonchev–Trinajstić information content (AvgIpc) is 2.83. The number of aryl methyl sites for hydroxylation is 1. The minimum Gasteiger partial charge on any atom is -0.303 e. The lowest BCUT2D eigenvalue weighted by atomic mass is 9.63. The molecule has 168 valence electrons. The lowest BCUT2D eigenvalue weighted by molar-refractivity contribution is -0.119. The zero-order valence-electron chi connectivity index (χ0n) is 19.5. The van der Waals surface area contributed by atoms with Crippen LogP contribution in [-0.4, -0.2) is 6.29 Å². The van der Waals surface area contributed by atoms with Crippen molar-refractivity contribution in [3.05, 3.63) is 47.5 Å². The number of carbonyl (C=O) groups is 1. The predicted molar refractivity (Wildman–Crippen MR) is 129 cm³/mol. The molecule has 1 aromatic rings. The summed E-state index contributed by atoms with van der Waals surface area (Å²) in [7, 11) is 0. The van der Waals surface area contributed by atoms with Crippen LogP contribution in [0.3, 0.4) is 0 Å². The van der Waals surface area contributed by atoms with Gasteiger partial charge >= 0.3 is 0 Å². The summed E-state index contributed by atoms with van der Waals surface area (Å²) < 4.78 is 0. The van der Waals surface area contributed by atoms with Crippen LogP contribution in [-0.2, 0) is 11.2 Å². The molecule has 0 radical (unpaired) electrons. The molecule has 0 unspecified atom stereocenters. The molecule has 2 aliphatic carbocycles. The van der Waals surface area contributed by atoms with E-state index in [9.17, 15) is 4.79 Å². The van der Waals surface area contributed by atoms with Gasteiger partial charge in [0.25, 0.3) is 0 Å². The number of hydrogen-bond acceptors (Lipinski definition) is 2. The van der Waals surface area contributed by atoms with Gasteiger partial charge in [0.05, 0.1) is 6.07 Å². The van der Waals surface area contributed by atoms with Crippen LogP contribution in [0.25, 0.3) is 0 Å². The highest BCUT2D eigenvalue weighted by molar-refractivity contribution is 5.59. The molecule has 2 fully saturated rings. The van der Waals surface area contributed by atoms with Gasteiger partial charge in [-0.15, -0.1) is 0 Å². The molecule has 31 heavy (non-hydrogen) atoms. The number of carbonyl (C=O) groups excluding carboxylic acids is 1. The Morgan fingerprint density at radius 2 is 1.68 bits per heavy atom. The molecule has 3 rings (SSSR count). The first-order valence-corrected chi connectivity index (χ1v) is 12.8. The summed E-state index contributed by atoms with van der Waals surface area (Å²) in [5.74, 6) is 2.41. The molecule has 0 amide bonds. The summed E-state index contributed by atoms with van der Waals surface area (Å²) in [6, 6.07) is 11.6. The number of nitriles is 1. The first-order valence-electron chi connectivity index (χ1n) is 12.8. The standard InChI is InChI=1S/C29H41NO/c1-2-3-5-8-24-9-11-25(12-10-24)26-13-15-27(16-14-26)28-17-20-29(23-31,21-18-28)19-6-4-7-22-30/h4,7,9-12,23,26-28H,2-3,5-6,8,13-21H2,1H3. The highest BCUT2D eigenvalue weighted by atomic mass is 16.1. The van der Waals surface area contributed by atoms with E-state index in [0.29, 0.717) is 0 Å². The Hall–Kier alpha value is -1.88. The number of unbranched alkanes of at least 4 members (excludes halogenated alkanes) is 2. The van der Waals surface area contributed by atoms with Gasteiger partial charge in [0.1, 0.15) is 6.29 Å². The normalized spacial score (nSPS) is 29.0. The second-order valence-electron chi connectivity index (χ2n) is 10.2. The maximum Gasteiger partial charge on any atom is 0.126 e. The summed E-state index contributed by atoms with van der Waals surface area (Å²) in [6.45, 7) is 2.27. The van der Waals surface area contributed by atoms with Crippen molar-refractivity contribution in [3.63, 3.8) is 0 Å². The third-order valence-corrected chi connectivity index (χ3v) is 8.24. The molecule has 2 heteroatoms. The number of nitrogens with zero attached hydrogens (tertiary/aromatic N) is 1. The summed E-state index contributed by atoms with van der Waals surface area (Å²) in [5.41, 5.74) is 2.91. The zero-order chi connectivity index (χ0) is 21.9. The number of hydrogen-bond donors (Lipinski definition) is 0. The molecule has 0 atom stereocenters. The van der Waals surface area contributed by atoms with Crippen LogP contribution in [0.15, 0.2) is 36.4 Å². The van der Waals surface area contributed by atoms with Crippen LogP contribution in [0.5, 0.6) is 0 Å². The lowest BCUT2D eigenvalue weighted by Crippen LogP contribution is -2.32. The Balaban J connectivity index is 1.43. The van der Waals surface area contributed by atoms with Crippen molar-refractivity contribution in [1.82, 2.24) is 0 Å².